The summed E-state index contributed by atoms with van der Waals surface area (Å²) < 4.78 is 28.4. The molecule has 6 heteroatoms. The average molecular weight is 496 g/mol. The summed E-state index contributed by atoms with van der Waals surface area (Å²) in [5.41, 5.74) is 3.91. The molecule has 1 aliphatic rings. The van der Waals surface area contributed by atoms with E-state index in [1.165, 1.54) is 6.20 Å². The van der Waals surface area contributed by atoms with E-state index < -0.39 is 15.9 Å². The zero-order valence-electron chi connectivity index (χ0n) is 17.0. The quantitative estimate of drug-likeness (QED) is 0.463. The van der Waals surface area contributed by atoms with Crippen LogP contribution >= 0.6 is 15.9 Å². The Morgan fingerprint density at radius 1 is 0.935 bits per heavy atom. The molecule has 3 aromatic carbocycles. The third-order valence-corrected chi connectivity index (χ3v) is 7.68. The Morgan fingerprint density at radius 3 is 2.23 bits per heavy atom. The zero-order valence-corrected chi connectivity index (χ0v) is 19.4. The number of amides is 1. The van der Waals surface area contributed by atoms with Crippen LogP contribution in [0.3, 0.4) is 0 Å². The van der Waals surface area contributed by atoms with Crippen molar-refractivity contribution >= 4 is 31.9 Å². The number of benzene rings is 3. The van der Waals surface area contributed by atoms with Gasteiger partial charge in [0, 0.05) is 23.0 Å². The summed E-state index contributed by atoms with van der Waals surface area (Å²) in [6.07, 6.45) is 2.20. The monoisotopic (exact) mass is 495 g/mol. The Balaban J connectivity index is 1.77. The predicted octanol–water partition coefficient (Wildman–Crippen LogP) is 5.59. The van der Waals surface area contributed by atoms with E-state index in [1.807, 2.05) is 61.5 Å². The van der Waals surface area contributed by atoms with E-state index in [-0.39, 0.29) is 17.2 Å². The van der Waals surface area contributed by atoms with Crippen molar-refractivity contribution in [1.82, 2.24) is 4.31 Å². The molecular formula is C25H22BrNO3S. The van der Waals surface area contributed by atoms with Crippen LogP contribution in [-0.2, 0) is 21.2 Å². The van der Waals surface area contributed by atoms with Crippen LogP contribution in [0.5, 0.6) is 0 Å². The number of hydrogen-bond acceptors (Lipinski definition) is 3. The largest absolute Gasteiger partial charge is 0.273 e. The van der Waals surface area contributed by atoms with E-state index in [0.717, 1.165) is 31.0 Å². The van der Waals surface area contributed by atoms with Crippen molar-refractivity contribution in [1.29, 1.82) is 0 Å². The summed E-state index contributed by atoms with van der Waals surface area (Å²) in [6, 6.07) is 24.3. The van der Waals surface area contributed by atoms with Gasteiger partial charge in [-0.05, 0) is 54.3 Å². The third-order valence-electron chi connectivity index (χ3n) is 5.46. The maximum atomic E-state index is 13.2. The Hall–Kier alpha value is -2.70. The molecule has 1 amide bonds. The smallest absolute Gasteiger partial charge is 0.270 e. The second kappa shape index (κ2) is 8.81. The van der Waals surface area contributed by atoms with Crippen LogP contribution in [0.25, 0.3) is 0 Å². The van der Waals surface area contributed by atoms with Gasteiger partial charge < -0.3 is 0 Å². The highest BCUT2D eigenvalue weighted by Gasteiger charge is 2.35. The first kappa shape index (κ1) is 21.5. The van der Waals surface area contributed by atoms with Crippen molar-refractivity contribution in [2.24, 2.45) is 0 Å². The van der Waals surface area contributed by atoms with Crippen molar-refractivity contribution in [3.8, 4) is 0 Å². The van der Waals surface area contributed by atoms with E-state index in [1.54, 1.807) is 24.3 Å². The van der Waals surface area contributed by atoms with Gasteiger partial charge in [-0.15, -0.1) is 0 Å². The first-order valence-electron chi connectivity index (χ1n) is 9.98. The van der Waals surface area contributed by atoms with Crippen LogP contribution in [0.15, 0.2) is 100 Å². The van der Waals surface area contributed by atoms with Gasteiger partial charge in [-0.1, -0.05) is 76.1 Å². The third kappa shape index (κ3) is 4.65. The van der Waals surface area contributed by atoms with Crippen molar-refractivity contribution in [2.75, 3.05) is 0 Å². The Kier molecular flexibility index (Phi) is 6.12. The van der Waals surface area contributed by atoms with Gasteiger partial charge in [0.1, 0.15) is 0 Å². The molecule has 0 N–H and O–H groups in total. The van der Waals surface area contributed by atoms with Gasteiger partial charge in [-0.25, -0.2) is 12.7 Å². The number of rotatable bonds is 5. The Labute approximate surface area is 191 Å². The minimum absolute atomic E-state index is 0.103. The van der Waals surface area contributed by atoms with Gasteiger partial charge >= 0.3 is 0 Å². The van der Waals surface area contributed by atoms with Crippen LogP contribution in [0.2, 0.25) is 0 Å². The van der Waals surface area contributed by atoms with Gasteiger partial charge in [-0.3, -0.25) is 4.79 Å². The first-order valence-corrected chi connectivity index (χ1v) is 12.2. The fourth-order valence-corrected chi connectivity index (χ4v) is 5.35. The Bertz CT molecular complexity index is 1220. The Morgan fingerprint density at radius 2 is 1.58 bits per heavy atom. The van der Waals surface area contributed by atoms with E-state index in [9.17, 15) is 13.2 Å². The van der Waals surface area contributed by atoms with Crippen molar-refractivity contribution in [3.05, 3.63) is 112 Å². The molecule has 4 rings (SSSR count). The number of carbonyl (C=O) groups excluding carboxylic acids is 1. The maximum Gasteiger partial charge on any atom is 0.270 e. The van der Waals surface area contributed by atoms with Crippen LogP contribution in [0, 0.1) is 6.92 Å². The summed E-state index contributed by atoms with van der Waals surface area (Å²) in [5, 5.41) is 0. The lowest BCUT2D eigenvalue weighted by atomic mass is 9.83. The first-order chi connectivity index (χ1) is 14.8. The van der Waals surface area contributed by atoms with E-state index in [4.69, 9.17) is 0 Å². The minimum atomic E-state index is -3.97. The van der Waals surface area contributed by atoms with Gasteiger partial charge in [-0.2, -0.15) is 0 Å². The second-order valence-electron chi connectivity index (χ2n) is 7.68. The molecule has 1 heterocycles. The zero-order chi connectivity index (χ0) is 22.0. The van der Waals surface area contributed by atoms with E-state index in [2.05, 4.69) is 15.9 Å². The molecule has 0 aliphatic carbocycles. The maximum absolute atomic E-state index is 13.2. The highest BCUT2D eigenvalue weighted by Crippen LogP contribution is 2.37. The minimum Gasteiger partial charge on any atom is -0.273 e. The summed E-state index contributed by atoms with van der Waals surface area (Å²) in [4.78, 5) is 13.1. The van der Waals surface area contributed by atoms with Gasteiger partial charge in [0.05, 0.1) is 4.90 Å². The van der Waals surface area contributed by atoms with Crippen LogP contribution < -0.4 is 0 Å². The summed E-state index contributed by atoms with van der Waals surface area (Å²) in [7, 11) is -3.97. The van der Waals surface area contributed by atoms with Crippen molar-refractivity contribution in [2.45, 2.75) is 30.6 Å². The SMILES string of the molecule is Cc1ccc(S(=O)(=O)N2C=C(Cc3ccccc3)[C@@H](c3ccc(Br)cc3)CC2=O)cc1. The molecule has 158 valence electrons. The van der Waals surface area contributed by atoms with Gasteiger partial charge in [0.2, 0.25) is 5.91 Å². The number of halogens is 1. The normalized spacial score (nSPS) is 16.8. The lowest BCUT2D eigenvalue weighted by Gasteiger charge is -2.31. The topological polar surface area (TPSA) is 54.5 Å². The van der Waals surface area contributed by atoms with Gasteiger partial charge in [0.15, 0.2) is 0 Å². The molecule has 1 atom stereocenters. The molecule has 31 heavy (non-hydrogen) atoms. The fourth-order valence-electron chi connectivity index (χ4n) is 3.76. The highest BCUT2D eigenvalue weighted by atomic mass is 79.9. The molecule has 0 bridgehead atoms. The molecule has 0 unspecified atom stereocenters. The average Bonchev–Trinajstić information content (AvgIpc) is 2.76. The molecule has 1 aliphatic heterocycles. The van der Waals surface area contributed by atoms with Crippen molar-refractivity contribution < 1.29 is 13.2 Å². The molecule has 0 aromatic heterocycles. The number of hydrogen-bond donors (Lipinski definition) is 0. The van der Waals surface area contributed by atoms with Crippen molar-refractivity contribution in [3.63, 3.8) is 0 Å². The molecule has 0 fully saturated rings. The van der Waals surface area contributed by atoms with E-state index in [0.29, 0.717) is 6.42 Å². The van der Waals surface area contributed by atoms with E-state index >= 15 is 0 Å². The summed E-state index contributed by atoms with van der Waals surface area (Å²) >= 11 is 3.45. The summed E-state index contributed by atoms with van der Waals surface area (Å²) in [5.74, 6) is -0.601. The fraction of sp³-hybridized carbons (Fsp3) is 0.160. The number of sulfonamides is 1. The number of nitrogens with zero attached hydrogens (tertiary/aromatic N) is 1. The lowest BCUT2D eigenvalue weighted by molar-refractivity contribution is -0.125. The second-order valence-corrected chi connectivity index (χ2v) is 10.4. The van der Waals surface area contributed by atoms with Gasteiger partial charge in [0.25, 0.3) is 10.0 Å². The number of allylic oxidation sites excluding steroid dienone is 1. The molecule has 4 nitrogen and oxygen atoms in total. The molecular weight excluding hydrogens is 474 g/mol. The molecule has 0 spiro atoms. The molecule has 0 radical (unpaired) electrons. The highest BCUT2D eigenvalue weighted by molar-refractivity contribution is 9.10. The predicted molar refractivity (Wildman–Crippen MR) is 125 cm³/mol. The van der Waals surface area contributed by atoms with Crippen LogP contribution in [0.4, 0.5) is 0 Å². The molecule has 0 saturated heterocycles. The standard InChI is InChI=1S/C25H22BrNO3S/c1-18-7-13-23(14-8-18)31(29,30)27-17-21(15-19-5-3-2-4-6-19)24(16-25(27)28)20-9-11-22(26)12-10-20/h2-14,17,24H,15-16H2,1H3/t24-/m1/s1. The molecule has 3 aromatic rings. The summed E-state index contributed by atoms with van der Waals surface area (Å²) in [6.45, 7) is 1.89. The van der Waals surface area contributed by atoms with Crippen LogP contribution in [0.1, 0.15) is 29.0 Å². The lowest BCUT2D eigenvalue weighted by Crippen LogP contribution is -2.37. The molecule has 0 saturated carbocycles. The number of carbonyl (C=O) groups is 1. The number of aryl methyl sites for hydroxylation is 1. The van der Waals surface area contributed by atoms with Crippen LogP contribution in [-0.4, -0.2) is 18.6 Å².